The Morgan fingerprint density at radius 3 is 2.03 bits per heavy atom. The molecule has 0 spiro atoms. The number of benzene rings is 2. The van der Waals surface area contributed by atoms with E-state index in [4.69, 9.17) is 4.74 Å². The Balaban J connectivity index is 2.28. The smallest absolute Gasteiger partial charge is 0.444 e. The second kappa shape index (κ2) is 9.47. The highest BCUT2D eigenvalue weighted by Gasteiger charge is 2.42. The molecule has 2 amide bonds. The molecule has 8 nitrogen and oxygen atoms in total. The number of hydrogen-bond donors (Lipinski definition) is 2. The average Bonchev–Trinajstić information content (AvgIpc) is 2.69. The van der Waals surface area contributed by atoms with Gasteiger partial charge < -0.3 is 10.1 Å². The van der Waals surface area contributed by atoms with E-state index in [0.29, 0.717) is 5.56 Å². The van der Waals surface area contributed by atoms with Crippen LogP contribution in [0.1, 0.15) is 26.3 Å². The third-order valence-electron chi connectivity index (χ3n) is 3.75. The third-order valence-corrected chi connectivity index (χ3v) is 5.40. The number of nitrogens with one attached hydrogen (secondary N) is 2. The number of ether oxygens (including phenoxy) is 1. The summed E-state index contributed by atoms with van der Waals surface area (Å²) in [5.41, 5.74) is 0.971. The molecule has 0 aliphatic rings. The Hall–Kier alpha value is -3.28. The van der Waals surface area contributed by atoms with Gasteiger partial charge in [0.1, 0.15) is 5.60 Å². The highest BCUT2D eigenvalue weighted by atomic mass is 32.2. The van der Waals surface area contributed by atoms with E-state index < -0.39 is 33.8 Å². The van der Waals surface area contributed by atoms with Crippen LogP contribution in [0.4, 0.5) is 23.7 Å². The van der Waals surface area contributed by atoms with Gasteiger partial charge in [0, 0.05) is 6.54 Å². The van der Waals surface area contributed by atoms with Crippen LogP contribution in [0.15, 0.2) is 59.5 Å². The fourth-order valence-corrected chi connectivity index (χ4v) is 3.67. The summed E-state index contributed by atoms with van der Waals surface area (Å²) in [4.78, 5) is 22.9. The van der Waals surface area contributed by atoms with E-state index in [1.807, 2.05) is 0 Å². The SMILES string of the molecule is CC(C)(C)OC(=O)NCc1ccc(N(NC(=O)C(F)(F)F)S(=O)(=O)c2ccccc2)cc1. The second-order valence-electron chi connectivity index (χ2n) is 7.54. The summed E-state index contributed by atoms with van der Waals surface area (Å²) in [6, 6.07) is 11.9. The number of amides is 2. The van der Waals surface area contributed by atoms with Gasteiger partial charge in [0.05, 0.1) is 10.6 Å². The summed E-state index contributed by atoms with van der Waals surface area (Å²) in [6.45, 7) is 5.10. The van der Waals surface area contributed by atoms with Crippen LogP contribution >= 0.6 is 0 Å². The topological polar surface area (TPSA) is 105 Å². The zero-order chi connectivity index (χ0) is 24.2. The van der Waals surface area contributed by atoms with Crippen LogP contribution in [0.25, 0.3) is 0 Å². The minimum atomic E-state index is -5.30. The molecule has 0 saturated carbocycles. The summed E-state index contributed by atoms with van der Waals surface area (Å²) in [5.74, 6) is -2.45. The zero-order valence-electron chi connectivity index (χ0n) is 17.4. The molecular weight excluding hydrogens is 451 g/mol. The molecule has 2 aromatic carbocycles. The number of carbonyl (C=O) groups excluding carboxylic acids is 2. The van der Waals surface area contributed by atoms with E-state index >= 15 is 0 Å². The maximum absolute atomic E-state index is 12.9. The van der Waals surface area contributed by atoms with Crippen LogP contribution in [0.2, 0.25) is 0 Å². The number of halogens is 3. The molecule has 0 heterocycles. The summed E-state index contributed by atoms with van der Waals surface area (Å²) >= 11 is 0. The van der Waals surface area contributed by atoms with E-state index in [-0.39, 0.29) is 21.5 Å². The molecule has 0 radical (unpaired) electrons. The predicted octanol–water partition coefficient (Wildman–Crippen LogP) is 3.50. The van der Waals surface area contributed by atoms with Gasteiger partial charge in [-0.05, 0) is 50.6 Å². The van der Waals surface area contributed by atoms with Crippen molar-refractivity contribution >= 4 is 27.7 Å². The lowest BCUT2D eigenvalue weighted by Gasteiger charge is -2.25. The molecule has 0 aromatic heterocycles. The van der Waals surface area contributed by atoms with Gasteiger partial charge in [-0.2, -0.15) is 26.0 Å². The third kappa shape index (κ3) is 6.87. The Labute approximate surface area is 183 Å². The summed E-state index contributed by atoms with van der Waals surface area (Å²) < 4.78 is 69.4. The predicted molar refractivity (Wildman–Crippen MR) is 110 cm³/mol. The molecule has 2 N–H and O–H groups in total. The molecule has 0 aliphatic heterocycles. The maximum Gasteiger partial charge on any atom is 0.472 e. The van der Waals surface area contributed by atoms with Crippen molar-refractivity contribution < 1.29 is 35.9 Å². The van der Waals surface area contributed by atoms with Gasteiger partial charge in [-0.3, -0.25) is 4.79 Å². The minimum Gasteiger partial charge on any atom is -0.444 e. The average molecular weight is 473 g/mol. The molecule has 0 bridgehead atoms. The van der Waals surface area contributed by atoms with Gasteiger partial charge >= 0.3 is 18.2 Å². The molecule has 12 heteroatoms. The largest absolute Gasteiger partial charge is 0.472 e. The number of rotatable bonds is 6. The zero-order valence-corrected chi connectivity index (χ0v) is 18.3. The first-order valence-electron chi connectivity index (χ1n) is 9.24. The van der Waals surface area contributed by atoms with Crippen LogP contribution in [-0.4, -0.2) is 32.2 Å². The summed E-state index contributed by atoms with van der Waals surface area (Å²) in [7, 11) is -4.56. The molecule has 174 valence electrons. The van der Waals surface area contributed by atoms with Crippen LogP contribution in [-0.2, 0) is 26.1 Å². The number of anilines is 1. The quantitative estimate of drug-likeness (QED) is 0.625. The van der Waals surface area contributed by atoms with E-state index in [0.717, 1.165) is 0 Å². The molecule has 0 saturated heterocycles. The van der Waals surface area contributed by atoms with E-state index in [1.165, 1.54) is 60.0 Å². The van der Waals surface area contributed by atoms with Crippen molar-refractivity contribution in [1.29, 1.82) is 0 Å². The number of alkyl carbamates (subject to hydrolysis) is 1. The van der Waals surface area contributed by atoms with E-state index in [1.54, 1.807) is 20.8 Å². The van der Waals surface area contributed by atoms with Gasteiger partial charge in [-0.15, -0.1) is 0 Å². The van der Waals surface area contributed by atoms with Crippen molar-refractivity contribution in [2.45, 2.75) is 44.0 Å². The highest BCUT2D eigenvalue weighted by Crippen LogP contribution is 2.24. The van der Waals surface area contributed by atoms with Crippen molar-refractivity contribution in [2.24, 2.45) is 0 Å². The molecule has 2 rings (SSSR count). The Kier molecular flexibility index (Phi) is 7.39. The number of carbonyl (C=O) groups is 2. The van der Waals surface area contributed by atoms with Gasteiger partial charge in [-0.1, -0.05) is 30.3 Å². The lowest BCUT2D eigenvalue weighted by molar-refractivity contribution is -0.173. The molecular formula is C20H22F3N3O5S. The van der Waals surface area contributed by atoms with E-state index in [2.05, 4.69) is 5.32 Å². The fraction of sp³-hybridized carbons (Fsp3) is 0.300. The summed E-state index contributed by atoms with van der Waals surface area (Å²) in [5, 5.41) is 2.50. The number of hydrazine groups is 1. The number of nitrogens with zero attached hydrogens (tertiary/aromatic N) is 1. The minimum absolute atomic E-state index is 0.0234. The molecule has 0 unspecified atom stereocenters. The van der Waals surface area contributed by atoms with Crippen molar-refractivity contribution in [3.63, 3.8) is 0 Å². The Bertz CT molecular complexity index is 1050. The second-order valence-corrected chi connectivity index (χ2v) is 9.33. The van der Waals surface area contributed by atoms with Gasteiger partial charge in [0.25, 0.3) is 10.0 Å². The van der Waals surface area contributed by atoms with Gasteiger partial charge in [0.15, 0.2) is 0 Å². The van der Waals surface area contributed by atoms with Crippen molar-refractivity contribution in [1.82, 2.24) is 10.7 Å². The normalized spacial score (nSPS) is 12.1. The Morgan fingerprint density at radius 1 is 0.969 bits per heavy atom. The number of alkyl halides is 3. The Morgan fingerprint density at radius 2 is 1.53 bits per heavy atom. The van der Waals surface area contributed by atoms with Crippen molar-refractivity contribution in [2.75, 3.05) is 4.41 Å². The monoisotopic (exact) mass is 473 g/mol. The maximum atomic E-state index is 12.9. The molecule has 2 aromatic rings. The van der Waals surface area contributed by atoms with Gasteiger partial charge in [0.2, 0.25) is 0 Å². The molecule has 0 fully saturated rings. The van der Waals surface area contributed by atoms with Crippen LogP contribution in [0, 0.1) is 0 Å². The van der Waals surface area contributed by atoms with Gasteiger partial charge in [-0.25, -0.2) is 10.2 Å². The first-order chi connectivity index (χ1) is 14.7. The fourth-order valence-electron chi connectivity index (χ4n) is 2.35. The number of hydrogen-bond acceptors (Lipinski definition) is 5. The van der Waals surface area contributed by atoms with Crippen molar-refractivity contribution in [3.8, 4) is 0 Å². The lowest BCUT2D eigenvalue weighted by Crippen LogP contribution is -2.51. The lowest BCUT2D eigenvalue weighted by atomic mass is 10.2. The molecule has 32 heavy (non-hydrogen) atoms. The van der Waals surface area contributed by atoms with Crippen LogP contribution < -0.4 is 15.2 Å². The molecule has 0 aliphatic carbocycles. The van der Waals surface area contributed by atoms with Crippen LogP contribution in [0.3, 0.4) is 0 Å². The summed E-state index contributed by atoms with van der Waals surface area (Å²) in [6.07, 6.45) is -5.98. The van der Waals surface area contributed by atoms with E-state index in [9.17, 15) is 31.2 Å². The standard InChI is InChI=1S/C20H22F3N3O5S/c1-19(2,3)31-18(28)24-13-14-9-11-15(12-10-14)26(25-17(27)20(21,22)23)32(29,30)16-7-5-4-6-8-16/h4-12H,13H2,1-3H3,(H,24,28)(H,25,27). The number of sulfonamides is 1. The first-order valence-corrected chi connectivity index (χ1v) is 10.7. The van der Waals surface area contributed by atoms with Crippen molar-refractivity contribution in [3.05, 3.63) is 60.2 Å². The highest BCUT2D eigenvalue weighted by molar-refractivity contribution is 7.92. The van der Waals surface area contributed by atoms with Crippen LogP contribution in [0.5, 0.6) is 0 Å². The first kappa shape index (κ1) is 25.0. The molecule has 0 atom stereocenters.